The summed E-state index contributed by atoms with van der Waals surface area (Å²) < 4.78 is 1.84. The second-order valence-corrected chi connectivity index (χ2v) is 7.56. The Bertz CT molecular complexity index is 939. The van der Waals surface area contributed by atoms with Crippen LogP contribution >= 0.6 is 0 Å². The fraction of sp³-hybridized carbons (Fsp3) is 0.318. The number of rotatable bonds is 5. The number of pyridine rings is 1. The Morgan fingerprint density at radius 2 is 1.86 bits per heavy atom. The van der Waals surface area contributed by atoms with E-state index in [1.807, 2.05) is 35.3 Å². The molecule has 28 heavy (non-hydrogen) atoms. The van der Waals surface area contributed by atoms with Gasteiger partial charge in [0, 0.05) is 56.7 Å². The number of fused-ring (bicyclic) bond motifs is 1. The van der Waals surface area contributed by atoms with Gasteiger partial charge >= 0.3 is 0 Å². The molecule has 0 N–H and O–H groups in total. The zero-order valence-corrected chi connectivity index (χ0v) is 15.7. The normalized spacial score (nSPS) is 22.0. The third-order valence-electron chi connectivity index (χ3n) is 5.88. The number of aromatic nitrogens is 3. The number of amides is 1. The molecule has 6 nitrogen and oxygen atoms in total. The van der Waals surface area contributed by atoms with Gasteiger partial charge in [-0.15, -0.1) is 0 Å². The topological polar surface area (TPSA) is 54.3 Å². The van der Waals surface area contributed by atoms with E-state index in [2.05, 4.69) is 50.2 Å². The predicted molar refractivity (Wildman–Crippen MR) is 106 cm³/mol. The van der Waals surface area contributed by atoms with Gasteiger partial charge in [0.25, 0.3) is 0 Å². The molecule has 4 heterocycles. The largest absolute Gasteiger partial charge is 0.334 e. The van der Waals surface area contributed by atoms with Crippen molar-refractivity contribution in [3.05, 3.63) is 78.4 Å². The van der Waals surface area contributed by atoms with E-state index in [9.17, 15) is 4.79 Å². The lowest BCUT2D eigenvalue weighted by atomic mass is 10.1. The average molecular weight is 373 g/mol. The van der Waals surface area contributed by atoms with E-state index in [1.54, 1.807) is 6.20 Å². The van der Waals surface area contributed by atoms with Crippen molar-refractivity contribution in [3.8, 4) is 5.69 Å². The summed E-state index contributed by atoms with van der Waals surface area (Å²) in [5, 5.41) is 4.26. The van der Waals surface area contributed by atoms with Crippen LogP contribution in [0.2, 0.25) is 0 Å². The molecule has 0 bridgehead atoms. The van der Waals surface area contributed by atoms with E-state index in [0.29, 0.717) is 25.0 Å². The molecular formula is C22H23N5O. The van der Waals surface area contributed by atoms with E-state index < -0.39 is 0 Å². The van der Waals surface area contributed by atoms with E-state index in [0.717, 1.165) is 36.5 Å². The lowest BCUT2D eigenvalue weighted by Crippen LogP contribution is -2.36. The van der Waals surface area contributed by atoms with Gasteiger partial charge in [0.15, 0.2) is 0 Å². The maximum Gasteiger partial charge on any atom is 0.224 e. The summed E-state index contributed by atoms with van der Waals surface area (Å²) in [5.74, 6) is 0.261. The molecule has 2 atom stereocenters. The minimum atomic E-state index is 0.261. The molecule has 6 heteroatoms. The molecule has 2 aromatic heterocycles. The first-order valence-corrected chi connectivity index (χ1v) is 9.80. The van der Waals surface area contributed by atoms with E-state index in [4.69, 9.17) is 0 Å². The minimum absolute atomic E-state index is 0.261. The lowest BCUT2D eigenvalue weighted by Gasteiger charge is -2.25. The van der Waals surface area contributed by atoms with Crippen LogP contribution in [0.4, 0.5) is 0 Å². The first-order chi connectivity index (χ1) is 13.8. The molecule has 2 fully saturated rings. The Hall–Kier alpha value is -2.99. The molecule has 0 saturated carbocycles. The summed E-state index contributed by atoms with van der Waals surface area (Å²) in [5.41, 5.74) is 3.26. The number of nitrogens with zero attached hydrogens (tertiary/aromatic N) is 5. The molecular weight excluding hydrogens is 350 g/mol. The third kappa shape index (κ3) is 3.20. The van der Waals surface area contributed by atoms with Gasteiger partial charge in [0.1, 0.15) is 0 Å². The number of hydrogen-bond donors (Lipinski definition) is 0. The van der Waals surface area contributed by atoms with Crippen LogP contribution in [0.5, 0.6) is 0 Å². The van der Waals surface area contributed by atoms with Crippen LogP contribution in [0.15, 0.2) is 67.1 Å². The first kappa shape index (κ1) is 17.1. The molecule has 0 aliphatic carbocycles. The molecule has 5 rings (SSSR count). The molecule has 2 aliphatic rings. The highest BCUT2D eigenvalue weighted by Crippen LogP contribution is 2.34. The summed E-state index contributed by atoms with van der Waals surface area (Å²) in [6, 6.07) is 16.8. The van der Waals surface area contributed by atoms with Gasteiger partial charge in [-0.1, -0.05) is 18.2 Å². The van der Waals surface area contributed by atoms with Crippen molar-refractivity contribution in [2.24, 2.45) is 0 Å². The third-order valence-corrected chi connectivity index (χ3v) is 5.88. The van der Waals surface area contributed by atoms with Gasteiger partial charge < -0.3 is 4.90 Å². The smallest absolute Gasteiger partial charge is 0.224 e. The van der Waals surface area contributed by atoms with E-state index >= 15 is 0 Å². The molecule has 2 saturated heterocycles. The number of hydrogen-bond acceptors (Lipinski definition) is 4. The van der Waals surface area contributed by atoms with Crippen LogP contribution < -0.4 is 0 Å². The zero-order valence-electron chi connectivity index (χ0n) is 15.7. The summed E-state index contributed by atoms with van der Waals surface area (Å²) >= 11 is 0. The number of benzene rings is 1. The van der Waals surface area contributed by atoms with Gasteiger partial charge in [-0.2, -0.15) is 5.10 Å². The lowest BCUT2D eigenvalue weighted by molar-refractivity contribution is -0.129. The molecule has 0 radical (unpaired) electrons. The fourth-order valence-corrected chi connectivity index (χ4v) is 4.48. The maximum atomic E-state index is 12.7. The summed E-state index contributed by atoms with van der Waals surface area (Å²) in [7, 11) is 0. The maximum absolute atomic E-state index is 12.7. The molecule has 2 aliphatic heterocycles. The van der Waals surface area contributed by atoms with Crippen LogP contribution in [0.1, 0.15) is 24.1 Å². The zero-order chi connectivity index (χ0) is 18.9. The minimum Gasteiger partial charge on any atom is -0.334 e. The van der Waals surface area contributed by atoms with Gasteiger partial charge in [-0.25, -0.2) is 4.68 Å². The number of carbonyl (C=O) groups is 1. The monoisotopic (exact) mass is 373 g/mol. The second-order valence-electron chi connectivity index (χ2n) is 7.56. The van der Waals surface area contributed by atoms with Crippen molar-refractivity contribution >= 4 is 5.91 Å². The average Bonchev–Trinajstić information content (AvgIpc) is 3.44. The SMILES string of the molecule is O=C1C[C@H]2[C@H](CCN2Cc2ccccn2)N1Cc1ccc(-n2cccn2)cc1. The van der Waals surface area contributed by atoms with E-state index in [1.165, 1.54) is 0 Å². The molecule has 3 aromatic rings. The fourth-order valence-electron chi connectivity index (χ4n) is 4.48. The summed E-state index contributed by atoms with van der Waals surface area (Å²) in [6.07, 6.45) is 7.19. The standard InChI is InChI=1S/C22H23N5O/c28-22-14-21-20(9-13-25(21)16-18-4-1-2-10-23-18)26(22)15-17-5-7-19(8-6-17)27-12-3-11-24-27/h1-8,10-12,20-21H,9,13-16H2/t20-,21-/m0/s1. The van der Waals surface area contributed by atoms with Gasteiger partial charge in [0.2, 0.25) is 5.91 Å². The van der Waals surface area contributed by atoms with Crippen molar-refractivity contribution in [1.29, 1.82) is 0 Å². The van der Waals surface area contributed by atoms with E-state index in [-0.39, 0.29) is 5.91 Å². The van der Waals surface area contributed by atoms with Gasteiger partial charge in [-0.3, -0.25) is 14.7 Å². The number of carbonyl (C=O) groups excluding carboxylic acids is 1. The van der Waals surface area contributed by atoms with Crippen molar-refractivity contribution in [2.45, 2.75) is 38.0 Å². The van der Waals surface area contributed by atoms with Crippen molar-refractivity contribution in [1.82, 2.24) is 24.6 Å². The van der Waals surface area contributed by atoms with Crippen LogP contribution in [-0.2, 0) is 17.9 Å². The Morgan fingerprint density at radius 3 is 2.61 bits per heavy atom. The molecule has 1 amide bonds. The van der Waals surface area contributed by atoms with Crippen molar-refractivity contribution < 1.29 is 4.79 Å². The Labute approximate surface area is 164 Å². The van der Waals surface area contributed by atoms with Crippen molar-refractivity contribution in [3.63, 3.8) is 0 Å². The molecule has 142 valence electrons. The van der Waals surface area contributed by atoms with Crippen LogP contribution in [0.3, 0.4) is 0 Å². The van der Waals surface area contributed by atoms with Crippen LogP contribution in [0, 0.1) is 0 Å². The Kier molecular flexibility index (Phi) is 4.41. The highest BCUT2D eigenvalue weighted by molar-refractivity contribution is 5.80. The summed E-state index contributed by atoms with van der Waals surface area (Å²) in [4.78, 5) is 21.7. The highest BCUT2D eigenvalue weighted by atomic mass is 16.2. The summed E-state index contributed by atoms with van der Waals surface area (Å²) in [6.45, 7) is 2.52. The molecule has 1 aromatic carbocycles. The Morgan fingerprint density at radius 1 is 0.964 bits per heavy atom. The Balaban J connectivity index is 1.27. The van der Waals surface area contributed by atoms with Crippen molar-refractivity contribution in [2.75, 3.05) is 6.54 Å². The van der Waals surface area contributed by atoms with Crippen LogP contribution in [-0.4, -0.2) is 49.1 Å². The van der Waals surface area contributed by atoms with Gasteiger partial charge in [-0.05, 0) is 42.3 Å². The quantitative estimate of drug-likeness (QED) is 0.690. The second kappa shape index (κ2) is 7.20. The first-order valence-electron chi connectivity index (χ1n) is 9.80. The van der Waals surface area contributed by atoms with Gasteiger partial charge in [0.05, 0.1) is 11.4 Å². The highest BCUT2D eigenvalue weighted by Gasteiger charge is 2.46. The predicted octanol–water partition coefficient (Wildman–Crippen LogP) is 2.64. The molecule has 0 spiro atoms. The van der Waals surface area contributed by atoms with Crippen LogP contribution in [0.25, 0.3) is 5.69 Å². The molecule has 0 unspecified atom stereocenters. The number of likely N-dealkylation sites (tertiary alicyclic amines) is 2.